The molecule has 2 aliphatic rings. The molecule has 2 saturated heterocycles. The largest absolute Gasteiger partial charge is 0.497 e. The van der Waals surface area contributed by atoms with E-state index in [0.29, 0.717) is 0 Å². The van der Waals surface area contributed by atoms with Gasteiger partial charge in [-0.1, -0.05) is 38.1 Å². The van der Waals surface area contributed by atoms with Crippen LogP contribution in [0.2, 0.25) is 0 Å². The first-order chi connectivity index (χ1) is 12.9. The van der Waals surface area contributed by atoms with Gasteiger partial charge in [-0.15, -0.1) is 0 Å². The first kappa shape index (κ1) is 20.3. The third-order valence-electron chi connectivity index (χ3n) is 6.10. The van der Waals surface area contributed by atoms with E-state index in [1.54, 1.807) is 7.11 Å². The Morgan fingerprint density at radius 3 is 2.44 bits per heavy atom. The predicted molar refractivity (Wildman–Crippen MR) is 109 cm³/mol. The molecule has 0 spiro atoms. The van der Waals surface area contributed by atoms with E-state index >= 15 is 0 Å². The summed E-state index contributed by atoms with van der Waals surface area (Å²) in [7, 11) is 1.68. The molecule has 150 valence electrons. The van der Waals surface area contributed by atoms with Crippen LogP contribution in [-0.2, 0) is 4.74 Å². The van der Waals surface area contributed by atoms with Gasteiger partial charge >= 0.3 is 0 Å². The summed E-state index contributed by atoms with van der Waals surface area (Å²) >= 11 is 0. The maximum atomic E-state index is 11.4. The molecule has 1 atom stereocenters. The molecule has 0 saturated carbocycles. The monoisotopic (exact) mass is 374 g/mol. The number of ether oxygens (including phenoxy) is 2. The Hall–Kier alpha value is -1.40. The zero-order valence-corrected chi connectivity index (χ0v) is 17.0. The average Bonchev–Trinajstić information content (AvgIpc) is 2.66. The Morgan fingerprint density at radius 1 is 1.11 bits per heavy atom. The molecule has 1 N–H and O–H groups in total. The fourth-order valence-electron chi connectivity index (χ4n) is 4.10. The molecule has 0 aromatic heterocycles. The van der Waals surface area contributed by atoms with E-state index in [-0.39, 0.29) is 5.41 Å². The summed E-state index contributed by atoms with van der Waals surface area (Å²) in [6.45, 7) is 11.3. The van der Waals surface area contributed by atoms with Gasteiger partial charge in [0, 0.05) is 44.7 Å². The fraction of sp³-hybridized carbons (Fsp3) is 0.636. The molecule has 27 heavy (non-hydrogen) atoms. The SMILES string of the molecule is COc1ccc(/C=C/CN2CCC(O)(CN3CCOCC3)C(C)(C)C2)cc1. The number of methoxy groups -OCH3 is 1. The van der Waals surface area contributed by atoms with Crippen molar-refractivity contribution in [2.75, 3.05) is 59.6 Å². The zero-order valence-electron chi connectivity index (χ0n) is 17.0. The van der Waals surface area contributed by atoms with Crippen molar-refractivity contribution >= 4 is 6.08 Å². The van der Waals surface area contributed by atoms with Crippen molar-refractivity contribution in [2.45, 2.75) is 25.9 Å². The molecule has 5 heteroatoms. The molecule has 1 aromatic carbocycles. The number of β-amino-alcohol motifs (C(OH)–C–C–N with tert-alkyl or cyclic N) is 1. The number of hydrogen-bond acceptors (Lipinski definition) is 5. The molecular weight excluding hydrogens is 340 g/mol. The summed E-state index contributed by atoms with van der Waals surface area (Å²) in [5.74, 6) is 0.879. The van der Waals surface area contributed by atoms with E-state index in [0.717, 1.165) is 64.7 Å². The number of aliphatic hydroxyl groups is 1. The van der Waals surface area contributed by atoms with Gasteiger partial charge in [-0.25, -0.2) is 0 Å². The van der Waals surface area contributed by atoms with Gasteiger partial charge in [-0.3, -0.25) is 9.80 Å². The number of rotatable bonds is 6. The quantitative estimate of drug-likeness (QED) is 0.829. The molecule has 5 nitrogen and oxygen atoms in total. The minimum Gasteiger partial charge on any atom is -0.497 e. The average molecular weight is 375 g/mol. The van der Waals surface area contributed by atoms with Gasteiger partial charge in [0.1, 0.15) is 5.75 Å². The molecule has 0 amide bonds. The number of hydrogen-bond donors (Lipinski definition) is 1. The molecule has 0 radical (unpaired) electrons. The Bertz CT molecular complexity index is 623. The Kier molecular flexibility index (Phi) is 6.58. The number of nitrogens with zero attached hydrogens (tertiary/aromatic N) is 2. The van der Waals surface area contributed by atoms with Crippen LogP contribution in [0, 0.1) is 5.41 Å². The van der Waals surface area contributed by atoms with Crippen LogP contribution >= 0.6 is 0 Å². The Balaban J connectivity index is 1.53. The maximum absolute atomic E-state index is 11.4. The highest BCUT2D eigenvalue weighted by Gasteiger charge is 2.48. The van der Waals surface area contributed by atoms with Gasteiger partial charge < -0.3 is 14.6 Å². The molecule has 2 heterocycles. The van der Waals surface area contributed by atoms with E-state index in [2.05, 4.69) is 47.9 Å². The second kappa shape index (κ2) is 8.74. The summed E-state index contributed by atoms with van der Waals surface area (Å²) in [6.07, 6.45) is 5.18. The molecule has 1 aromatic rings. The topological polar surface area (TPSA) is 45.2 Å². The van der Waals surface area contributed by atoms with E-state index in [1.807, 2.05) is 12.1 Å². The van der Waals surface area contributed by atoms with E-state index < -0.39 is 5.60 Å². The molecule has 0 bridgehead atoms. The van der Waals surface area contributed by atoms with Crippen LogP contribution < -0.4 is 4.74 Å². The van der Waals surface area contributed by atoms with Gasteiger partial charge in [-0.2, -0.15) is 0 Å². The van der Waals surface area contributed by atoms with Crippen LogP contribution in [-0.4, -0.2) is 80.1 Å². The van der Waals surface area contributed by atoms with Gasteiger partial charge in [-0.05, 0) is 24.1 Å². The van der Waals surface area contributed by atoms with Crippen LogP contribution in [0.25, 0.3) is 6.08 Å². The molecule has 2 fully saturated rings. The number of piperidine rings is 1. The maximum Gasteiger partial charge on any atom is 0.118 e. The van der Waals surface area contributed by atoms with Crippen molar-refractivity contribution in [2.24, 2.45) is 5.41 Å². The highest BCUT2D eigenvalue weighted by Crippen LogP contribution is 2.39. The fourth-order valence-corrected chi connectivity index (χ4v) is 4.10. The first-order valence-electron chi connectivity index (χ1n) is 9.97. The smallest absolute Gasteiger partial charge is 0.118 e. The van der Waals surface area contributed by atoms with Gasteiger partial charge in [0.05, 0.1) is 25.9 Å². The summed E-state index contributed by atoms with van der Waals surface area (Å²) in [6, 6.07) is 8.10. The lowest BCUT2D eigenvalue weighted by Gasteiger charge is -2.52. The van der Waals surface area contributed by atoms with E-state index in [9.17, 15) is 5.11 Å². The van der Waals surface area contributed by atoms with Crippen molar-refractivity contribution in [3.05, 3.63) is 35.9 Å². The Labute approximate surface area is 163 Å². The van der Waals surface area contributed by atoms with Crippen molar-refractivity contribution < 1.29 is 14.6 Å². The standard InChI is InChI=1S/C22H34N2O3/c1-21(2)17-23(11-4-5-19-6-8-20(26-3)9-7-19)12-10-22(21,25)18-24-13-15-27-16-14-24/h4-9,25H,10-18H2,1-3H3/b5-4+. The normalized spacial score (nSPS) is 27.1. The van der Waals surface area contributed by atoms with Gasteiger partial charge in [0.15, 0.2) is 0 Å². The number of benzene rings is 1. The molecule has 1 unspecified atom stereocenters. The van der Waals surface area contributed by atoms with Crippen molar-refractivity contribution in [1.29, 1.82) is 0 Å². The molecule has 0 aliphatic carbocycles. The van der Waals surface area contributed by atoms with E-state index in [4.69, 9.17) is 9.47 Å². The molecular formula is C22H34N2O3. The minimum absolute atomic E-state index is 0.141. The lowest BCUT2D eigenvalue weighted by molar-refractivity contribution is -0.138. The second-order valence-corrected chi connectivity index (χ2v) is 8.46. The van der Waals surface area contributed by atoms with Crippen LogP contribution in [0.3, 0.4) is 0 Å². The third-order valence-corrected chi connectivity index (χ3v) is 6.10. The third kappa shape index (κ3) is 5.11. The van der Waals surface area contributed by atoms with Crippen molar-refractivity contribution in [3.63, 3.8) is 0 Å². The van der Waals surface area contributed by atoms with Crippen LogP contribution in [0.1, 0.15) is 25.8 Å². The summed E-state index contributed by atoms with van der Waals surface area (Å²) < 4.78 is 10.6. The predicted octanol–water partition coefficient (Wildman–Crippen LogP) is 2.50. The van der Waals surface area contributed by atoms with Gasteiger partial charge in [0.2, 0.25) is 0 Å². The molecule has 2 aliphatic heterocycles. The van der Waals surface area contributed by atoms with Crippen molar-refractivity contribution in [1.82, 2.24) is 9.80 Å². The van der Waals surface area contributed by atoms with Gasteiger partial charge in [0.25, 0.3) is 0 Å². The summed E-state index contributed by atoms with van der Waals surface area (Å²) in [5.41, 5.74) is 0.397. The van der Waals surface area contributed by atoms with Crippen LogP contribution in [0.4, 0.5) is 0 Å². The first-order valence-corrected chi connectivity index (χ1v) is 9.97. The van der Waals surface area contributed by atoms with Crippen LogP contribution in [0.5, 0.6) is 5.75 Å². The highest BCUT2D eigenvalue weighted by atomic mass is 16.5. The number of morpholine rings is 1. The highest BCUT2D eigenvalue weighted by molar-refractivity contribution is 5.50. The minimum atomic E-state index is -0.638. The number of likely N-dealkylation sites (tertiary alicyclic amines) is 1. The lowest BCUT2D eigenvalue weighted by atomic mass is 9.69. The molecule has 3 rings (SSSR count). The Morgan fingerprint density at radius 2 is 1.81 bits per heavy atom. The summed E-state index contributed by atoms with van der Waals surface area (Å²) in [5, 5.41) is 11.4. The van der Waals surface area contributed by atoms with Crippen molar-refractivity contribution in [3.8, 4) is 5.75 Å². The zero-order chi connectivity index (χ0) is 19.3. The second-order valence-electron chi connectivity index (χ2n) is 8.46. The van der Waals surface area contributed by atoms with E-state index in [1.165, 1.54) is 5.56 Å². The van der Waals surface area contributed by atoms with Crippen LogP contribution in [0.15, 0.2) is 30.3 Å². The summed E-state index contributed by atoms with van der Waals surface area (Å²) in [4.78, 5) is 4.79. The lowest BCUT2D eigenvalue weighted by Crippen LogP contribution is -2.62.